The summed E-state index contributed by atoms with van der Waals surface area (Å²) in [5.74, 6) is 0.867. The van der Waals surface area contributed by atoms with Crippen molar-refractivity contribution in [2.45, 2.75) is 27.4 Å². The van der Waals surface area contributed by atoms with Gasteiger partial charge in [0.15, 0.2) is 0 Å². The second kappa shape index (κ2) is 5.70. The molecule has 2 aromatic carbocycles. The molecule has 2 nitrogen and oxygen atoms in total. The minimum Gasteiger partial charge on any atom is -0.488 e. The molecule has 98 valence electrons. The smallest absolute Gasteiger partial charge is 0.150 e. The van der Waals surface area contributed by atoms with Crippen molar-refractivity contribution in [3.8, 4) is 5.75 Å². The number of aldehydes is 1. The summed E-state index contributed by atoms with van der Waals surface area (Å²) in [7, 11) is 0. The number of rotatable bonds is 4. The van der Waals surface area contributed by atoms with E-state index in [-0.39, 0.29) is 0 Å². The maximum Gasteiger partial charge on any atom is 0.150 e. The van der Waals surface area contributed by atoms with Crippen molar-refractivity contribution >= 4 is 6.29 Å². The zero-order chi connectivity index (χ0) is 13.8. The van der Waals surface area contributed by atoms with Crippen molar-refractivity contribution in [1.29, 1.82) is 0 Å². The van der Waals surface area contributed by atoms with E-state index in [1.54, 1.807) is 0 Å². The topological polar surface area (TPSA) is 26.3 Å². The summed E-state index contributed by atoms with van der Waals surface area (Å²) in [5.41, 5.74) is 5.07. The van der Waals surface area contributed by atoms with Crippen molar-refractivity contribution in [2.24, 2.45) is 0 Å². The Bertz CT molecular complexity index is 560. The van der Waals surface area contributed by atoms with Gasteiger partial charge in [-0.1, -0.05) is 29.8 Å². The number of ether oxygens (including phenoxy) is 1. The molecular formula is C17H18O2. The quantitative estimate of drug-likeness (QED) is 0.771. The monoisotopic (exact) mass is 254 g/mol. The van der Waals surface area contributed by atoms with E-state index in [4.69, 9.17) is 4.74 Å². The molecule has 0 spiro atoms. The minimum absolute atomic E-state index is 0.544. The number of carbonyl (C=O) groups excluding carboxylic acids is 1. The Hall–Kier alpha value is -2.09. The fourth-order valence-electron chi connectivity index (χ4n) is 2.12. The Balaban J connectivity index is 2.15. The molecule has 0 aliphatic rings. The van der Waals surface area contributed by atoms with Crippen LogP contribution in [0.1, 0.15) is 32.6 Å². The van der Waals surface area contributed by atoms with E-state index in [1.165, 1.54) is 5.56 Å². The lowest BCUT2D eigenvalue weighted by molar-refractivity contribution is 0.112. The average molecular weight is 254 g/mol. The second-order valence-corrected chi connectivity index (χ2v) is 4.88. The first kappa shape index (κ1) is 13.3. The minimum atomic E-state index is 0.544. The highest BCUT2D eigenvalue weighted by molar-refractivity contribution is 5.76. The van der Waals surface area contributed by atoms with Gasteiger partial charge in [0.2, 0.25) is 0 Å². The maximum absolute atomic E-state index is 10.8. The van der Waals surface area contributed by atoms with E-state index >= 15 is 0 Å². The molecule has 0 fully saturated rings. The van der Waals surface area contributed by atoms with Gasteiger partial charge in [-0.25, -0.2) is 0 Å². The van der Waals surface area contributed by atoms with E-state index in [0.717, 1.165) is 28.7 Å². The molecule has 0 unspecified atom stereocenters. The normalized spacial score (nSPS) is 10.3. The lowest BCUT2D eigenvalue weighted by Gasteiger charge is -2.13. The van der Waals surface area contributed by atoms with Crippen LogP contribution in [0.25, 0.3) is 0 Å². The first-order chi connectivity index (χ1) is 9.10. The van der Waals surface area contributed by atoms with Crippen LogP contribution in [0.3, 0.4) is 0 Å². The first-order valence-electron chi connectivity index (χ1n) is 6.35. The fourth-order valence-corrected chi connectivity index (χ4v) is 2.12. The first-order valence-corrected chi connectivity index (χ1v) is 6.35. The van der Waals surface area contributed by atoms with Crippen LogP contribution in [0.5, 0.6) is 5.75 Å². The molecule has 2 rings (SSSR count). The van der Waals surface area contributed by atoms with Crippen molar-refractivity contribution in [3.63, 3.8) is 0 Å². The molecule has 0 bridgehead atoms. The van der Waals surface area contributed by atoms with Crippen molar-refractivity contribution in [2.75, 3.05) is 0 Å². The molecule has 2 aromatic rings. The Morgan fingerprint density at radius 1 is 1.00 bits per heavy atom. The summed E-state index contributed by atoms with van der Waals surface area (Å²) >= 11 is 0. The molecule has 2 heteroatoms. The van der Waals surface area contributed by atoms with E-state index < -0.39 is 0 Å². The highest BCUT2D eigenvalue weighted by Gasteiger charge is 2.06. The van der Waals surface area contributed by atoms with Gasteiger partial charge in [-0.15, -0.1) is 0 Å². The molecule has 0 atom stereocenters. The molecular weight excluding hydrogens is 236 g/mol. The van der Waals surface area contributed by atoms with Crippen LogP contribution in [0.15, 0.2) is 36.4 Å². The van der Waals surface area contributed by atoms with Crippen LogP contribution in [-0.4, -0.2) is 6.29 Å². The predicted octanol–water partition coefficient (Wildman–Crippen LogP) is 4.00. The number of hydrogen-bond donors (Lipinski definition) is 0. The Kier molecular flexibility index (Phi) is 4.00. The third-order valence-corrected chi connectivity index (χ3v) is 3.12. The number of carbonyl (C=O) groups is 1. The van der Waals surface area contributed by atoms with Gasteiger partial charge in [-0.2, -0.15) is 0 Å². The molecule has 0 saturated heterocycles. The van der Waals surface area contributed by atoms with E-state index in [1.807, 2.05) is 26.0 Å². The molecule has 0 N–H and O–H groups in total. The summed E-state index contributed by atoms with van der Waals surface area (Å²) in [6.45, 7) is 6.54. The summed E-state index contributed by atoms with van der Waals surface area (Å²) in [4.78, 5) is 10.8. The van der Waals surface area contributed by atoms with Gasteiger partial charge in [0.1, 0.15) is 18.6 Å². The predicted molar refractivity (Wildman–Crippen MR) is 76.8 cm³/mol. The van der Waals surface area contributed by atoms with Crippen molar-refractivity contribution < 1.29 is 9.53 Å². The average Bonchev–Trinajstić information content (AvgIpc) is 2.39. The molecule has 19 heavy (non-hydrogen) atoms. The lowest BCUT2D eigenvalue weighted by atomic mass is 10.1. The van der Waals surface area contributed by atoms with Gasteiger partial charge in [0, 0.05) is 5.56 Å². The summed E-state index contributed by atoms with van der Waals surface area (Å²) in [5, 5.41) is 0. The highest BCUT2D eigenvalue weighted by Crippen LogP contribution is 2.25. The summed E-state index contributed by atoms with van der Waals surface area (Å²) in [6.07, 6.45) is 0.865. The molecule has 0 radical (unpaired) electrons. The number of aryl methyl sites for hydroxylation is 3. The Morgan fingerprint density at radius 2 is 1.58 bits per heavy atom. The maximum atomic E-state index is 10.8. The number of benzene rings is 2. The standard InChI is InChI=1S/C17H18O2/c1-12-4-6-15(7-5-12)11-19-17-13(2)8-16(10-18)9-14(17)3/h4-10H,11H2,1-3H3. The highest BCUT2D eigenvalue weighted by atomic mass is 16.5. The van der Waals surface area contributed by atoms with Gasteiger partial charge in [0.05, 0.1) is 0 Å². The number of hydrogen-bond acceptors (Lipinski definition) is 2. The fraction of sp³-hybridized carbons (Fsp3) is 0.235. The Morgan fingerprint density at radius 3 is 2.11 bits per heavy atom. The van der Waals surface area contributed by atoms with Crippen LogP contribution < -0.4 is 4.74 Å². The zero-order valence-electron chi connectivity index (χ0n) is 11.6. The van der Waals surface area contributed by atoms with Gasteiger partial charge in [-0.3, -0.25) is 4.79 Å². The van der Waals surface area contributed by atoms with Crippen LogP contribution >= 0.6 is 0 Å². The van der Waals surface area contributed by atoms with Crippen LogP contribution in [0.4, 0.5) is 0 Å². The van der Waals surface area contributed by atoms with Gasteiger partial charge < -0.3 is 4.74 Å². The molecule has 0 saturated carbocycles. The van der Waals surface area contributed by atoms with Gasteiger partial charge in [0.25, 0.3) is 0 Å². The van der Waals surface area contributed by atoms with Gasteiger partial charge >= 0.3 is 0 Å². The molecule has 0 aromatic heterocycles. The van der Waals surface area contributed by atoms with Crippen molar-refractivity contribution in [1.82, 2.24) is 0 Å². The molecule has 0 aliphatic carbocycles. The lowest BCUT2D eigenvalue weighted by Crippen LogP contribution is -2.00. The van der Waals surface area contributed by atoms with Crippen molar-refractivity contribution in [3.05, 3.63) is 64.2 Å². The van der Waals surface area contributed by atoms with Gasteiger partial charge in [-0.05, 0) is 49.6 Å². The second-order valence-electron chi connectivity index (χ2n) is 4.88. The van der Waals surface area contributed by atoms with Crippen LogP contribution in [0, 0.1) is 20.8 Å². The van der Waals surface area contributed by atoms with E-state index in [0.29, 0.717) is 12.2 Å². The summed E-state index contributed by atoms with van der Waals surface area (Å²) in [6, 6.07) is 12.0. The molecule has 0 aliphatic heterocycles. The third-order valence-electron chi connectivity index (χ3n) is 3.12. The molecule has 0 amide bonds. The van der Waals surface area contributed by atoms with Crippen LogP contribution in [0.2, 0.25) is 0 Å². The van der Waals surface area contributed by atoms with E-state index in [2.05, 4.69) is 31.2 Å². The van der Waals surface area contributed by atoms with E-state index in [9.17, 15) is 4.79 Å². The molecule has 0 heterocycles. The SMILES string of the molecule is Cc1ccc(COc2c(C)cc(C=O)cc2C)cc1. The zero-order valence-corrected chi connectivity index (χ0v) is 11.6. The largest absolute Gasteiger partial charge is 0.488 e. The van der Waals surface area contributed by atoms with Crippen LogP contribution in [-0.2, 0) is 6.61 Å². The Labute approximate surface area is 114 Å². The third kappa shape index (κ3) is 3.22. The summed E-state index contributed by atoms with van der Waals surface area (Å²) < 4.78 is 5.88.